The zero-order valence-corrected chi connectivity index (χ0v) is 18.0. The lowest BCUT2D eigenvalue weighted by molar-refractivity contribution is -0.119. The molecule has 0 radical (unpaired) electrons. The Labute approximate surface area is 173 Å². The average Bonchev–Trinajstić information content (AvgIpc) is 2.55. The van der Waals surface area contributed by atoms with E-state index in [2.05, 4.69) is 36.5 Å². The van der Waals surface area contributed by atoms with E-state index in [-0.39, 0.29) is 35.7 Å². The number of aliphatic imine (C=N–C) groups is 1. The van der Waals surface area contributed by atoms with Crippen molar-refractivity contribution in [3.05, 3.63) is 34.1 Å². The molecule has 4 N–H and O–H groups in total. The predicted octanol–water partition coefficient (Wildman–Crippen LogP) is 1.82. The lowest BCUT2D eigenvalue weighted by atomic mass is 10.1. The minimum absolute atomic E-state index is 0. The molecule has 0 bridgehead atoms. The van der Waals surface area contributed by atoms with Gasteiger partial charge in [0.05, 0.1) is 11.0 Å². The van der Waals surface area contributed by atoms with Crippen molar-refractivity contribution < 1.29 is 9.18 Å². The Morgan fingerprint density at radius 1 is 1.44 bits per heavy atom. The zero-order valence-electron chi connectivity index (χ0n) is 14.1. The molecule has 0 aromatic heterocycles. The number of likely N-dealkylation sites (tertiary alicyclic amines) is 1. The Bertz CT molecular complexity index is 608. The highest BCUT2D eigenvalue weighted by molar-refractivity contribution is 14.0. The lowest BCUT2D eigenvalue weighted by Crippen LogP contribution is -2.49. The van der Waals surface area contributed by atoms with Crippen molar-refractivity contribution in [1.82, 2.24) is 15.5 Å². The molecule has 1 fully saturated rings. The van der Waals surface area contributed by atoms with Crippen LogP contribution in [-0.4, -0.2) is 49.5 Å². The van der Waals surface area contributed by atoms with Gasteiger partial charge in [-0.05, 0) is 46.5 Å². The van der Waals surface area contributed by atoms with Gasteiger partial charge in [0.2, 0.25) is 5.91 Å². The highest BCUT2D eigenvalue weighted by atomic mass is 127. The fraction of sp³-hybridized carbons (Fsp3) is 0.500. The summed E-state index contributed by atoms with van der Waals surface area (Å²) >= 11 is 3.14. The molecule has 1 amide bonds. The summed E-state index contributed by atoms with van der Waals surface area (Å²) in [5, 5.41) is 6.56. The second-order valence-corrected chi connectivity index (χ2v) is 6.69. The number of amides is 1. The van der Waals surface area contributed by atoms with Crippen LogP contribution < -0.4 is 16.4 Å². The molecule has 6 nitrogen and oxygen atoms in total. The number of benzene rings is 1. The topological polar surface area (TPSA) is 82.8 Å². The molecule has 9 heteroatoms. The highest BCUT2D eigenvalue weighted by Gasteiger charge is 2.20. The van der Waals surface area contributed by atoms with E-state index in [1.165, 1.54) is 6.07 Å². The third kappa shape index (κ3) is 7.45. The number of hydrogen-bond acceptors (Lipinski definition) is 3. The van der Waals surface area contributed by atoms with Gasteiger partial charge in [0, 0.05) is 32.7 Å². The number of nitrogens with one attached hydrogen (secondary N) is 2. The molecule has 0 saturated carbocycles. The van der Waals surface area contributed by atoms with Crippen LogP contribution in [0.1, 0.15) is 18.4 Å². The summed E-state index contributed by atoms with van der Waals surface area (Å²) in [6.07, 6.45) is 1.84. The zero-order chi connectivity index (χ0) is 17.5. The van der Waals surface area contributed by atoms with E-state index in [9.17, 15) is 9.18 Å². The molecule has 1 aliphatic rings. The number of nitrogens with zero attached hydrogens (tertiary/aromatic N) is 2. The number of piperidine rings is 1. The smallest absolute Gasteiger partial charge is 0.231 e. The van der Waals surface area contributed by atoms with Crippen molar-refractivity contribution in [3.63, 3.8) is 0 Å². The van der Waals surface area contributed by atoms with Crippen LogP contribution in [0.2, 0.25) is 0 Å². The number of nitrogens with two attached hydrogens (primary N) is 1. The van der Waals surface area contributed by atoms with Crippen LogP contribution in [0.15, 0.2) is 27.7 Å². The van der Waals surface area contributed by atoms with Crippen molar-refractivity contribution in [2.45, 2.75) is 25.4 Å². The molecule has 0 spiro atoms. The maximum atomic E-state index is 13.5. The first-order valence-electron chi connectivity index (χ1n) is 7.89. The van der Waals surface area contributed by atoms with Crippen LogP contribution >= 0.6 is 39.9 Å². The minimum atomic E-state index is -0.291. The molecule has 2 rings (SSSR count). The Morgan fingerprint density at radius 3 is 2.68 bits per heavy atom. The van der Waals surface area contributed by atoms with Crippen molar-refractivity contribution >= 4 is 51.8 Å². The summed E-state index contributed by atoms with van der Waals surface area (Å²) in [6.45, 7) is 2.46. The molecule has 1 saturated heterocycles. The molecular formula is C16H24BrFIN5O. The first-order valence-corrected chi connectivity index (χ1v) is 8.69. The quantitative estimate of drug-likeness (QED) is 0.310. The Hall–Kier alpha value is -0.940. The Balaban J connectivity index is 0.00000312. The number of carbonyl (C=O) groups is 1. The normalized spacial score (nSPS) is 16.2. The van der Waals surface area contributed by atoms with Crippen molar-refractivity contribution in [2.24, 2.45) is 10.7 Å². The van der Waals surface area contributed by atoms with Gasteiger partial charge >= 0.3 is 0 Å². The third-order valence-corrected chi connectivity index (χ3v) is 4.62. The van der Waals surface area contributed by atoms with Crippen LogP contribution in [0.4, 0.5) is 4.39 Å². The Kier molecular flexibility index (Phi) is 9.65. The van der Waals surface area contributed by atoms with Gasteiger partial charge in [0.15, 0.2) is 5.96 Å². The van der Waals surface area contributed by atoms with Crippen LogP contribution in [0.25, 0.3) is 0 Å². The summed E-state index contributed by atoms with van der Waals surface area (Å²) in [5.41, 5.74) is 6.06. The van der Waals surface area contributed by atoms with Gasteiger partial charge in [0.25, 0.3) is 0 Å². The Morgan fingerprint density at radius 2 is 2.12 bits per heavy atom. The fourth-order valence-corrected chi connectivity index (χ4v) is 2.93. The number of hydrogen-bond donors (Lipinski definition) is 3. The maximum absolute atomic E-state index is 13.5. The van der Waals surface area contributed by atoms with E-state index in [1.54, 1.807) is 13.1 Å². The van der Waals surface area contributed by atoms with Gasteiger partial charge in [-0.15, -0.1) is 24.0 Å². The average molecular weight is 528 g/mol. The molecular weight excluding hydrogens is 504 g/mol. The second kappa shape index (κ2) is 10.9. The third-order valence-electron chi connectivity index (χ3n) is 3.98. The molecule has 140 valence electrons. The van der Waals surface area contributed by atoms with Gasteiger partial charge in [-0.3, -0.25) is 14.7 Å². The van der Waals surface area contributed by atoms with Crippen LogP contribution in [0.5, 0.6) is 0 Å². The second-order valence-electron chi connectivity index (χ2n) is 5.84. The van der Waals surface area contributed by atoms with E-state index in [0.29, 0.717) is 29.6 Å². The summed E-state index contributed by atoms with van der Waals surface area (Å²) in [5.74, 6) is 0.117. The summed E-state index contributed by atoms with van der Waals surface area (Å²) in [7, 11) is 1.71. The van der Waals surface area contributed by atoms with E-state index in [4.69, 9.17) is 5.73 Å². The minimum Gasteiger partial charge on any atom is -0.369 e. The van der Waals surface area contributed by atoms with E-state index in [1.807, 2.05) is 6.07 Å². The van der Waals surface area contributed by atoms with E-state index >= 15 is 0 Å². The molecule has 25 heavy (non-hydrogen) atoms. The largest absolute Gasteiger partial charge is 0.369 e. The van der Waals surface area contributed by atoms with Gasteiger partial charge in [-0.1, -0.05) is 6.07 Å². The van der Waals surface area contributed by atoms with Crippen molar-refractivity contribution in [2.75, 3.05) is 26.7 Å². The van der Waals surface area contributed by atoms with Crippen molar-refractivity contribution in [3.8, 4) is 0 Å². The molecule has 1 heterocycles. The SMILES string of the molecule is CN=C(NCc1ccc(Br)c(F)c1)NC1CCN(CC(N)=O)CC1.I. The molecule has 0 atom stereocenters. The standard InChI is InChI=1S/C16H23BrFN5O.HI/c1-20-16(21-9-11-2-3-13(17)14(18)8-11)22-12-4-6-23(7-5-12)10-15(19)24;/h2-3,8,12H,4-7,9-10H2,1H3,(H2,19,24)(H2,20,21,22);1H. The molecule has 1 aromatic carbocycles. The van der Waals surface area contributed by atoms with Crippen molar-refractivity contribution in [1.29, 1.82) is 0 Å². The van der Waals surface area contributed by atoms with Gasteiger partial charge < -0.3 is 16.4 Å². The number of carbonyl (C=O) groups excluding carboxylic acids is 1. The number of primary amides is 1. The molecule has 0 aliphatic carbocycles. The first kappa shape index (κ1) is 22.1. The molecule has 1 aliphatic heterocycles. The van der Waals surface area contributed by atoms with Crippen LogP contribution in [0, 0.1) is 5.82 Å². The summed E-state index contributed by atoms with van der Waals surface area (Å²) < 4.78 is 14.0. The summed E-state index contributed by atoms with van der Waals surface area (Å²) in [4.78, 5) is 17.2. The fourth-order valence-electron chi connectivity index (χ4n) is 2.68. The number of guanidine groups is 1. The van der Waals surface area contributed by atoms with Crippen LogP contribution in [-0.2, 0) is 11.3 Å². The van der Waals surface area contributed by atoms with Crippen LogP contribution in [0.3, 0.4) is 0 Å². The van der Waals surface area contributed by atoms with Gasteiger partial charge in [-0.25, -0.2) is 4.39 Å². The van der Waals surface area contributed by atoms with Gasteiger partial charge in [-0.2, -0.15) is 0 Å². The monoisotopic (exact) mass is 527 g/mol. The first-order chi connectivity index (χ1) is 11.5. The number of rotatable bonds is 5. The maximum Gasteiger partial charge on any atom is 0.231 e. The predicted molar refractivity (Wildman–Crippen MR) is 112 cm³/mol. The highest BCUT2D eigenvalue weighted by Crippen LogP contribution is 2.16. The lowest BCUT2D eigenvalue weighted by Gasteiger charge is -2.32. The number of halogens is 3. The molecule has 1 aromatic rings. The van der Waals surface area contributed by atoms with E-state index < -0.39 is 0 Å². The summed E-state index contributed by atoms with van der Waals surface area (Å²) in [6, 6.07) is 5.33. The van der Waals surface area contributed by atoms with E-state index in [0.717, 1.165) is 31.5 Å². The van der Waals surface area contributed by atoms with Gasteiger partial charge in [0.1, 0.15) is 5.82 Å². The molecule has 0 unspecified atom stereocenters.